The molecule has 0 atom stereocenters. The third-order valence-electron chi connectivity index (χ3n) is 0.578. The Balaban J connectivity index is 3.73. The van der Waals surface area contributed by atoms with Crippen molar-refractivity contribution in [3.05, 3.63) is 12.2 Å². The zero-order valence-corrected chi connectivity index (χ0v) is 6.77. The fourth-order valence-electron chi connectivity index (χ4n) is 0.165. The Morgan fingerprint density at radius 1 is 1.45 bits per heavy atom. The van der Waals surface area contributed by atoms with Gasteiger partial charge >= 0.3 is 15.0 Å². The molecule has 0 bridgehead atoms. The predicted molar refractivity (Wildman–Crippen MR) is 34.4 cm³/mol. The molecule has 0 saturated heterocycles. The van der Waals surface area contributed by atoms with E-state index in [9.17, 15) is 4.79 Å². The maximum Gasteiger partial charge on any atom is 0.709 e. The zero-order chi connectivity index (χ0) is 9.07. The molecule has 0 amide bonds. The van der Waals surface area contributed by atoms with E-state index in [1.807, 2.05) is 0 Å². The van der Waals surface area contributed by atoms with Gasteiger partial charge in [0.15, 0.2) is 0 Å². The first-order chi connectivity index (χ1) is 4.83. The largest absolute Gasteiger partial charge is 0.709 e. The van der Waals surface area contributed by atoms with Crippen molar-refractivity contribution in [3.63, 3.8) is 0 Å². The van der Waals surface area contributed by atoms with Crippen molar-refractivity contribution in [2.45, 2.75) is 6.92 Å². The van der Waals surface area contributed by atoms with Gasteiger partial charge in [-0.3, -0.25) is 4.89 Å². The van der Waals surface area contributed by atoms with E-state index in [0.717, 1.165) is 0 Å². The predicted octanol–water partition coefficient (Wildman–Crippen LogP) is -1.55. The van der Waals surface area contributed by atoms with Crippen LogP contribution in [0.3, 0.4) is 0 Å². The Morgan fingerprint density at radius 3 is 2.18 bits per heavy atom. The number of hydrogen-bond acceptors (Lipinski definition) is 6. The fraction of sp³-hybridized carbons (Fsp3) is 0.250. The highest BCUT2D eigenvalue weighted by Gasteiger charge is 2.34. The summed E-state index contributed by atoms with van der Waals surface area (Å²) in [6.45, 7) is 4.51. The lowest BCUT2D eigenvalue weighted by Gasteiger charge is -2.07. The normalized spacial score (nSPS) is 10.9. The molecule has 0 aromatic rings. The van der Waals surface area contributed by atoms with Crippen molar-refractivity contribution in [3.8, 4) is 0 Å². The molecule has 0 radical (unpaired) electrons. The zero-order valence-electron chi connectivity index (χ0n) is 5.77. The standard InChI is InChI=1S/C4H8O6Si/c1-3(2)4(5)9-10-11(6,7)8/h6-8H,1H2,2H3. The van der Waals surface area contributed by atoms with Crippen LogP contribution in [0.2, 0.25) is 0 Å². The Hall–Kier alpha value is -0.733. The summed E-state index contributed by atoms with van der Waals surface area (Å²) in [4.78, 5) is 38.7. The molecule has 0 aliphatic heterocycles. The van der Waals surface area contributed by atoms with Gasteiger partial charge in [0.1, 0.15) is 0 Å². The molecule has 0 aliphatic rings. The van der Waals surface area contributed by atoms with Gasteiger partial charge in [-0.25, -0.2) is 4.79 Å². The Labute approximate surface area is 63.7 Å². The van der Waals surface area contributed by atoms with Crippen molar-refractivity contribution in [2.75, 3.05) is 0 Å². The molecule has 6 nitrogen and oxygen atoms in total. The van der Waals surface area contributed by atoms with Gasteiger partial charge in [0.05, 0.1) is 0 Å². The van der Waals surface area contributed by atoms with E-state index >= 15 is 0 Å². The van der Waals surface area contributed by atoms with Gasteiger partial charge in [-0.2, -0.15) is 0 Å². The highest BCUT2D eigenvalue weighted by molar-refractivity contribution is 6.48. The number of rotatable bonds is 3. The molecule has 0 heterocycles. The first-order valence-electron chi connectivity index (χ1n) is 2.55. The first kappa shape index (κ1) is 10.3. The molecule has 0 aliphatic carbocycles. The van der Waals surface area contributed by atoms with Crippen LogP contribution in [0.1, 0.15) is 6.92 Å². The van der Waals surface area contributed by atoms with Crippen LogP contribution in [0.25, 0.3) is 0 Å². The summed E-state index contributed by atoms with van der Waals surface area (Å²) < 4.78 is 3.55. The maximum absolute atomic E-state index is 10.4. The number of carbonyl (C=O) groups excluding carboxylic acids is 1. The second-order valence-corrected chi connectivity index (χ2v) is 3.12. The summed E-state index contributed by atoms with van der Waals surface area (Å²) >= 11 is 0. The van der Waals surface area contributed by atoms with Gasteiger partial charge in [0.2, 0.25) is 0 Å². The Bertz CT molecular complexity index is 170. The molecule has 0 rings (SSSR count). The van der Waals surface area contributed by atoms with Crippen LogP contribution in [0.4, 0.5) is 0 Å². The van der Waals surface area contributed by atoms with Crippen LogP contribution in [0.5, 0.6) is 0 Å². The van der Waals surface area contributed by atoms with Crippen molar-refractivity contribution in [1.82, 2.24) is 0 Å². The van der Waals surface area contributed by atoms with E-state index in [2.05, 4.69) is 16.0 Å². The highest BCUT2D eigenvalue weighted by atomic mass is 28.4. The van der Waals surface area contributed by atoms with E-state index in [4.69, 9.17) is 14.4 Å². The van der Waals surface area contributed by atoms with Gasteiger partial charge in [-0.05, 0) is 6.92 Å². The highest BCUT2D eigenvalue weighted by Crippen LogP contribution is 1.96. The van der Waals surface area contributed by atoms with Crippen LogP contribution >= 0.6 is 0 Å². The van der Waals surface area contributed by atoms with Gasteiger partial charge in [0.25, 0.3) is 0 Å². The second kappa shape index (κ2) is 3.60. The van der Waals surface area contributed by atoms with E-state index in [1.54, 1.807) is 0 Å². The lowest BCUT2D eigenvalue weighted by molar-refractivity contribution is -0.244. The van der Waals surface area contributed by atoms with Gasteiger partial charge in [0, 0.05) is 5.57 Å². The lowest BCUT2D eigenvalue weighted by Crippen LogP contribution is -2.39. The monoisotopic (exact) mass is 180 g/mol. The van der Waals surface area contributed by atoms with Crippen molar-refractivity contribution in [2.24, 2.45) is 0 Å². The quantitative estimate of drug-likeness (QED) is 0.210. The molecule has 0 spiro atoms. The Morgan fingerprint density at radius 2 is 1.91 bits per heavy atom. The summed E-state index contributed by atoms with van der Waals surface area (Å²) in [7, 11) is -4.75. The Kier molecular flexibility index (Phi) is 3.36. The van der Waals surface area contributed by atoms with Crippen LogP contribution in [-0.4, -0.2) is 29.4 Å². The molecule has 0 fully saturated rings. The summed E-state index contributed by atoms with van der Waals surface area (Å²) in [5.74, 6) is -0.973. The maximum atomic E-state index is 10.4. The first-order valence-corrected chi connectivity index (χ1v) is 4.30. The van der Waals surface area contributed by atoms with Crippen LogP contribution in [-0.2, 0) is 14.3 Å². The van der Waals surface area contributed by atoms with E-state index < -0.39 is 15.0 Å². The van der Waals surface area contributed by atoms with Crippen LogP contribution < -0.4 is 0 Å². The third-order valence-corrected chi connectivity index (χ3v) is 0.885. The number of hydrogen-bond donors (Lipinski definition) is 3. The van der Waals surface area contributed by atoms with Gasteiger partial charge in [-0.15, -0.1) is 4.58 Å². The fourth-order valence-corrected chi connectivity index (χ4v) is 0.352. The molecule has 0 aromatic carbocycles. The van der Waals surface area contributed by atoms with Crippen molar-refractivity contribution in [1.29, 1.82) is 0 Å². The minimum absolute atomic E-state index is 0.0169. The number of carbonyl (C=O) groups is 1. The average Bonchev–Trinajstić information content (AvgIpc) is 1.80. The molecule has 0 unspecified atom stereocenters. The lowest BCUT2D eigenvalue weighted by atomic mass is 10.4. The average molecular weight is 180 g/mol. The minimum atomic E-state index is -4.75. The molecule has 3 N–H and O–H groups in total. The van der Waals surface area contributed by atoms with E-state index in [-0.39, 0.29) is 5.57 Å². The van der Waals surface area contributed by atoms with Crippen LogP contribution in [0, 0.1) is 0 Å². The molecule has 7 heteroatoms. The molecule has 0 saturated carbocycles. The summed E-state index contributed by atoms with van der Waals surface area (Å²) in [6, 6.07) is 0. The molecule has 0 aromatic heterocycles. The van der Waals surface area contributed by atoms with Crippen molar-refractivity contribution >= 4 is 15.0 Å². The summed E-state index contributed by atoms with van der Waals surface area (Å²) in [5.41, 5.74) is 0.0169. The van der Waals surface area contributed by atoms with Gasteiger partial charge in [-0.1, -0.05) is 6.58 Å². The SMILES string of the molecule is C=C(C)C(=O)OO[Si](O)(O)O. The molecular weight excluding hydrogens is 172 g/mol. The topological polar surface area (TPSA) is 96.2 Å². The smallest absolute Gasteiger partial charge is 0.366 e. The molecular formula is C4H8O6Si. The third kappa shape index (κ3) is 5.70. The van der Waals surface area contributed by atoms with Gasteiger partial charge < -0.3 is 14.4 Å². The van der Waals surface area contributed by atoms with Crippen LogP contribution in [0.15, 0.2) is 12.2 Å². The van der Waals surface area contributed by atoms with E-state index in [0.29, 0.717) is 0 Å². The summed E-state index contributed by atoms with van der Waals surface area (Å²) in [5, 5.41) is 0. The van der Waals surface area contributed by atoms with E-state index in [1.165, 1.54) is 6.92 Å². The minimum Gasteiger partial charge on any atom is -0.366 e. The van der Waals surface area contributed by atoms with Crippen molar-refractivity contribution < 1.29 is 28.6 Å². The molecule has 11 heavy (non-hydrogen) atoms. The molecule has 64 valence electrons. The summed E-state index contributed by atoms with van der Waals surface area (Å²) in [6.07, 6.45) is 0. The second-order valence-electron chi connectivity index (χ2n) is 1.81.